The number of fused-ring (bicyclic) bond motifs is 5. The Balaban J connectivity index is 2.14. The summed E-state index contributed by atoms with van der Waals surface area (Å²) in [5.41, 5.74) is 1.86. The Hall–Kier alpha value is -2.86. The summed E-state index contributed by atoms with van der Waals surface area (Å²) in [6.07, 6.45) is 0. The lowest BCUT2D eigenvalue weighted by Crippen LogP contribution is -2.01. The molecule has 0 fully saturated rings. The highest BCUT2D eigenvalue weighted by molar-refractivity contribution is 7.21. The van der Waals surface area contributed by atoms with Crippen LogP contribution in [0.3, 0.4) is 0 Å². The van der Waals surface area contributed by atoms with E-state index in [-0.39, 0.29) is 12.2 Å². The first-order valence-electron chi connectivity index (χ1n) is 7.47. The number of H-pyrrole nitrogens is 1. The van der Waals surface area contributed by atoms with Gasteiger partial charge in [0.15, 0.2) is 0 Å². The van der Waals surface area contributed by atoms with Gasteiger partial charge in [0.1, 0.15) is 4.88 Å². The number of hydrogen-bond acceptors (Lipinski definition) is 4. The van der Waals surface area contributed by atoms with Crippen LogP contribution < -0.4 is 0 Å². The Labute approximate surface area is 140 Å². The standard InChI is InChI=1S/C18H13NO4S/c1-2-23-18(22)14-8-10-15-9-5-3-4-6-12(9)19-13(15)7-11(17(20)21)16(10)24-14/h3-8,19H,2H2,1H3,(H,20,21). The summed E-state index contributed by atoms with van der Waals surface area (Å²) >= 11 is 1.16. The lowest BCUT2D eigenvalue weighted by Gasteiger charge is -1.99. The zero-order valence-corrected chi connectivity index (χ0v) is 13.6. The maximum atomic E-state index is 12.1. The minimum Gasteiger partial charge on any atom is -0.478 e. The number of aromatic carboxylic acids is 1. The molecule has 2 aromatic carbocycles. The van der Waals surface area contributed by atoms with Crippen molar-refractivity contribution in [1.29, 1.82) is 0 Å². The van der Waals surface area contributed by atoms with Gasteiger partial charge in [0.05, 0.1) is 16.9 Å². The molecule has 0 bridgehead atoms. The van der Waals surface area contributed by atoms with Crippen LogP contribution in [0.1, 0.15) is 27.0 Å². The minimum absolute atomic E-state index is 0.185. The molecule has 0 spiro atoms. The monoisotopic (exact) mass is 339 g/mol. The van der Waals surface area contributed by atoms with Gasteiger partial charge in [-0.1, -0.05) is 18.2 Å². The van der Waals surface area contributed by atoms with Crippen LogP contribution in [0.5, 0.6) is 0 Å². The fourth-order valence-electron chi connectivity index (χ4n) is 3.01. The second-order valence-corrected chi connectivity index (χ2v) is 6.45. The number of para-hydroxylation sites is 1. The molecule has 2 N–H and O–H groups in total. The summed E-state index contributed by atoms with van der Waals surface area (Å²) in [6, 6.07) is 11.1. The van der Waals surface area contributed by atoms with Crippen molar-refractivity contribution in [1.82, 2.24) is 4.98 Å². The predicted molar refractivity (Wildman–Crippen MR) is 94.1 cm³/mol. The van der Waals surface area contributed by atoms with Gasteiger partial charge in [0, 0.05) is 27.2 Å². The molecule has 0 atom stereocenters. The van der Waals surface area contributed by atoms with Gasteiger partial charge in [-0.2, -0.15) is 0 Å². The quantitative estimate of drug-likeness (QED) is 0.542. The van der Waals surface area contributed by atoms with Crippen LogP contribution in [-0.4, -0.2) is 28.6 Å². The van der Waals surface area contributed by atoms with E-state index < -0.39 is 11.9 Å². The van der Waals surface area contributed by atoms with Crippen molar-refractivity contribution in [3.63, 3.8) is 0 Å². The first-order chi connectivity index (χ1) is 11.6. The minimum atomic E-state index is -1.02. The van der Waals surface area contributed by atoms with Crippen molar-refractivity contribution in [2.75, 3.05) is 6.61 Å². The molecule has 0 aliphatic carbocycles. The second-order valence-electron chi connectivity index (χ2n) is 5.40. The number of esters is 1. The van der Waals surface area contributed by atoms with E-state index in [1.807, 2.05) is 24.3 Å². The van der Waals surface area contributed by atoms with Crippen LogP contribution in [0, 0.1) is 0 Å². The number of carboxylic acids is 1. The van der Waals surface area contributed by atoms with E-state index in [9.17, 15) is 14.7 Å². The molecule has 2 heterocycles. The van der Waals surface area contributed by atoms with Crippen LogP contribution in [-0.2, 0) is 4.74 Å². The fourth-order valence-corrected chi connectivity index (χ4v) is 4.08. The molecule has 120 valence electrons. The van der Waals surface area contributed by atoms with Gasteiger partial charge in [0.25, 0.3) is 0 Å². The van der Waals surface area contributed by atoms with E-state index in [0.29, 0.717) is 9.58 Å². The maximum Gasteiger partial charge on any atom is 0.348 e. The number of aromatic amines is 1. The summed E-state index contributed by atoms with van der Waals surface area (Å²) < 4.78 is 5.64. The van der Waals surface area contributed by atoms with Crippen LogP contribution in [0.2, 0.25) is 0 Å². The Morgan fingerprint density at radius 1 is 1.17 bits per heavy atom. The number of rotatable bonds is 3. The van der Waals surface area contributed by atoms with Gasteiger partial charge < -0.3 is 14.8 Å². The normalized spacial score (nSPS) is 11.4. The first kappa shape index (κ1) is 14.7. The Morgan fingerprint density at radius 3 is 2.71 bits per heavy atom. The first-order valence-corrected chi connectivity index (χ1v) is 8.29. The maximum absolute atomic E-state index is 12.1. The highest BCUT2D eigenvalue weighted by Crippen LogP contribution is 2.39. The molecular weight excluding hydrogens is 326 g/mol. The summed E-state index contributed by atoms with van der Waals surface area (Å²) in [6.45, 7) is 2.02. The number of benzene rings is 2. The van der Waals surface area contributed by atoms with Crippen molar-refractivity contribution in [3.8, 4) is 0 Å². The van der Waals surface area contributed by atoms with E-state index in [1.165, 1.54) is 0 Å². The van der Waals surface area contributed by atoms with Gasteiger partial charge in [-0.3, -0.25) is 0 Å². The predicted octanol–water partition coefficient (Wildman–Crippen LogP) is 4.41. The molecule has 0 saturated heterocycles. The Morgan fingerprint density at radius 2 is 1.96 bits per heavy atom. The molecule has 0 aliphatic rings. The third kappa shape index (κ3) is 2.07. The highest BCUT2D eigenvalue weighted by Gasteiger charge is 2.20. The number of thiophene rings is 1. The molecule has 0 unspecified atom stereocenters. The third-order valence-electron chi connectivity index (χ3n) is 3.98. The number of carboxylic acid groups (broad SMARTS) is 1. The highest BCUT2D eigenvalue weighted by atomic mass is 32.1. The Bertz CT molecular complexity index is 1120. The molecular formula is C18H13NO4S. The van der Waals surface area contributed by atoms with E-state index in [4.69, 9.17) is 4.74 Å². The zero-order chi connectivity index (χ0) is 16.8. The largest absolute Gasteiger partial charge is 0.478 e. The molecule has 4 rings (SSSR count). The summed E-state index contributed by atoms with van der Waals surface area (Å²) in [5.74, 6) is -1.44. The Kier molecular flexibility index (Phi) is 3.28. The number of carbonyl (C=O) groups is 2. The van der Waals surface area contributed by atoms with Gasteiger partial charge in [0.2, 0.25) is 0 Å². The van der Waals surface area contributed by atoms with E-state index >= 15 is 0 Å². The van der Waals surface area contributed by atoms with Gasteiger partial charge >= 0.3 is 11.9 Å². The van der Waals surface area contributed by atoms with Gasteiger partial charge in [-0.05, 0) is 25.1 Å². The lowest BCUT2D eigenvalue weighted by atomic mass is 10.1. The van der Waals surface area contributed by atoms with E-state index in [2.05, 4.69) is 4.98 Å². The lowest BCUT2D eigenvalue weighted by molar-refractivity contribution is 0.0531. The van der Waals surface area contributed by atoms with Crippen LogP contribution in [0.25, 0.3) is 31.9 Å². The molecule has 4 aromatic rings. The average molecular weight is 339 g/mol. The number of ether oxygens (including phenoxy) is 1. The van der Waals surface area contributed by atoms with Crippen molar-refractivity contribution >= 4 is 55.2 Å². The van der Waals surface area contributed by atoms with Gasteiger partial charge in [-0.25, -0.2) is 9.59 Å². The molecule has 2 aromatic heterocycles. The van der Waals surface area contributed by atoms with Crippen molar-refractivity contribution in [2.24, 2.45) is 0 Å². The van der Waals surface area contributed by atoms with Crippen molar-refractivity contribution in [3.05, 3.63) is 46.8 Å². The molecule has 0 aliphatic heterocycles. The average Bonchev–Trinajstić information content (AvgIpc) is 3.14. The molecule has 0 radical (unpaired) electrons. The van der Waals surface area contributed by atoms with Crippen LogP contribution >= 0.6 is 11.3 Å². The van der Waals surface area contributed by atoms with E-state index in [0.717, 1.165) is 38.5 Å². The number of carbonyl (C=O) groups excluding carboxylic acids is 1. The molecule has 0 amide bonds. The second kappa shape index (κ2) is 5.35. The summed E-state index contributed by atoms with van der Waals surface area (Å²) in [7, 11) is 0. The number of hydrogen-bond donors (Lipinski definition) is 2. The third-order valence-corrected chi connectivity index (χ3v) is 5.13. The van der Waals surface area contributed by atoms with Crippen molar-refractivity contribution < 1.29 is 19.4 Å². The van der Waals surface area contributed by atoms with Crippen LogP contribution in [0.4, 0.5) is 0 Å². The summed E-state index contributed by atoms with van der Waals surface area (Å²) in [5, 5.41) is 12.2. The SMILES string of the molecule is CCOC(=O)c1cc2c(s1)c(C(=O)O)cc1[nH]c3ccccc3c12. The molecule has 5 nitrogen and oxygen atoms in total. The zero-order valence-electron chi connectivity index (χ0n) is 12.8. The summed E-state index contributed by atoms with van der Waals surface area (Å²) in [4.78, 5) is 27.4. The number of nitrogens with one attached hydrogen (secondary N) is 1. The molecule has 6 heteroatoms. The van der Waals surface area contributed by atoms with Crippen LogP contribution in [0.15, 0.2) is 36.4 Å². The molecule has 24 heavy (non-hydrogen) atoms. The van der Waals surface area contributed by atoms with E-state index in [1.54, 1.807) is 19.1 Å². The smallest absolute Gasteiger partial charge is 0.348 e. The van der Waals surface area contributed by atoms with Crippen molar-refractivity contribution in [2.45, 2.75) is 6.92 Å². The topological polar surface area (TPSA) is 79.4 Å². The van der Waals surface area contributed by atoms with Gasteiger partial charge in [-0.15, -0.1) is 11.3 Å². The molecule has 0 saturated carbocycles. The fraction of sp³-hybridized carbons (Fsp3) is 0.111. The number of aromatic nitrogens is 1.